The molecule has 0 bridgehead atoms. The van der Waals surface area contributed by atoms with Crippen molar-refractivity contribution in [2.45, 2.75) is 65.0 Å². The third kappa shape index (κ3) is 8.14. The summed E-state index contributed by atoms with van der Waals surface area (Å²) in [5.41, 5.74) is 3.10. The number of ether oxygens (including phenoxy) is 1. The van der Waals surface area contributed by atoms with E-state index in [4.69, 9.17) is 9.72 Å². The molecule has 0 saturated heterocycles. The Bertz CT molecular complexity index is 1850. The van der Waals surface area contributed by atoms with Crippen LogP contribution in [-0.2, 0) is 17.8 Å². The van der Waals surface area contributed by atoms with Gasteiger partial charge in [0.25, 0.3) is 11.5 Å². The molecule has 47 heavy (non-hydrogen) atoms. The molecule has 8 nitrogen and oxygen atoms in total. The van der Waals surface area contributed by atoms with Crippen LogP contribution >= 0.6 is 0 Å². The third-order valence-electron chi connectivity index (χ3n) is 8.18. The van der Waals surface area contributed by atoms with Gasteiger partial charge in [0.2, 0.25) is 6.10 Å². The van der Waals surface area contributed by atoms with E-state index in [0.717, 1.165) is 37.7 Å². The fourth-order valence-electron chi connectivity index (χ4n) is 5.60. The van der Waals surface area contributed by atoms with Gasteiger partial charge in [-0.15, -0.1) is 0 Å². The highest BCUT2D eigenvalue weighted by Gasteiger charge is 2.22. The second-order valence-corrected chi connectivity index (χ2v) is 11.6. The largest absolute Gasteiger partial charge is 0.478 e. The maximum atomic E-state index is 14.2. The molecule has 5 rings (SSSR count). The van der Waals surface area contributed by atoms with Gasteiger partial charge < -0.3 is 14.7 Å². The fourth-order valence-corrected chi connectivity index (χ4v) is 5.60. The van der Waals surface area contributed by atoms with Gasteiger partial charge in [0.15, 0.2) is 0 Å². The molecule has 0 spiro atoms. The number of aryl methyl sites for hydroxylation is 1. The lowest BCUT2D eigenvalue weighted by Crippen LogP contribution is -2.32. The number of unbranched alkanes of at least 4 members (excludes halogenated alkanes) is 3. The van der Waals surface area contributed by atoms with E-state index in [1.807, 2.05) is 60.7 Å². The molecular weight excluding hydrogens is 590 g/mol. The van der Waals surface area contributed by atoms with Gasteiger partial charge in [0.05, 0.1) is 17.4 Å². The molecule has 0 aliphatic carbocycles. The van der Waals surface area contributed by atoms with Crippen molar-refractivity contribution in [2.75, 3.05) is 11.4 Å². The highest BCUT2D eigenvalue weighted by Crippen LogP contribution is 2.25. The topological polar surface area (TPSA) is 102 Å². The van der Waals surface area contributed by atoms with Gasteiger partial charge in [-0.1, -0.05) is 93.8 Å². The fraction of sp³-hybridized carbons (Fsp3) is 0.282. The Hall–Kier alpha value is -5.24. The van der Waals surface area contributed by atoms with Crippen molar-refractivity contribution in [1.29, 1.82) is 0 Å². The number of carboxylic acid groups (broad SMARTS) is 1. The van der Waals surface area contributed by atoms with E-state index >= 15 is 0 Å². The Kier molecular flexibility index (Phi) is 11.2. The number of nitrogens with zero attached hydrogens (tertiary/aromatic N) is 3. The van der Waals surface area contributed by atoms with Crippen LogP contribution in [0.25, 0.3) is 10.9 Å². The summed E-state index contributed by atoms with van der Waals surface area (Å²) in [5, 5.41) is 10.2. The lowest BCUT2D eigenvalue weighted by molar-refractivity contribution is -0.145. The van der Waals surface area contributed by atoms with Gasteiger partial charge in [-0.3, -0.25) is 14.2 Å². The maximum absolute atomic E-state index is 14.2. The van der Waals surface area contributed by atoms with Crippen LogP contribution in [0.1, 0.15) is 79.4 Å². The van der Waals surface area contributed by atoms with E-state index in [1.54, 1.807) is 51.9 Å². The quantitative estimate of drug-likeness (QED) is 0.118. The van der Waals surface area contributed by atoms with Crippen LogP contribution in [-0.4, -0.2) is 33.1 Å². The predicted octanol–water partition coefficient (Wildman–Crippen LogP) is 7.83. The molecule has 1 amide bonds. The summed E-state index contributed by atoms with van der Waals surface area (Å²) in [6.07, 6.45) is 4.23. The van der Waals surface area contributed by atoms with Gasteiger partial charge in [0, 0.05) is 29.8 Å². The number of carboxylic acids is 1. The van der Waals surface area contributed by atoms with Crippen molar-refractivity contribution >= 4 is 28.5 Å². The monoisotopic (exact) mass is 631 g/mol. The summed E-state index contributed by atoms with van der Waals surface area (Å²) in [6, 6.07) is 30.7. The van der Waals surface area contributed by atoms with Gasteiger partial charge in [-0.2, -0.15) is 0 Å². The smallest absolute Gasteiger partial charge is 0.349 e. The van der Waals surface area contributed by atoms with Crippen LogP contribution in [0, 0.1) is 0 Å². The Labute approximate surface area is 275 Å². The van der Waals surface area contributed by atoms with Crippen LogP contribution in [0.3, 0.4) is 0 Å². The molecule has 8 heteroatoms. The minimum absolute atomic E-state index is 0.103. The number of benzene rings is 4. The van der Waals surface area contributed by atoms with Crippen molar-refractivity contribution in [1.82, 2.24) is 9.55 Å². The number of rotatable bonds is 15. The lowest BCUT2D eigenvalue weighted by atomic mass is 10.1. The van der Waals surface area contributed by atoms with Gasteiger partial charge in [0.1, 0.15) is 11.6 Å². The molecule has 1 atom stereocenters. The lowest BCUT2D eigenvalue weighted by Gasteiger charge is -2.24. The van der Waals surface area contributed by atoms with E-state index in [1.165, 1.54) is 0 Å². The highest BCUT2D eigenvalue weighted by atomic mass is 16.5. The van der Waals surface area contributed by atoms with Gasteiger partial charge in [-0.05, 0) is 60.9 Å². The van der Waals surface area contributed by atoms with Crippen molar-refractivity contribution in [3.05, 3.63) is 136 Å². The zero-order chi connectivity index (χ0) is 33.2. The Balaban J connectivity index is 1.47. The zero-order valence-electron chi connectivity index (χ0n) is 27.0. The van der Waals surface area contributed by atoms with E-state index < -0.39 is 12.1 Å². The third-order valence-corrected chi connectivity index (χ3v) is 8.18. The predicted molar refractivity (Wildman–Crippen MR) is 185 cm³/mol. The van der Waals surface area contributed by atoms with Crippen LogP contribution in [0.2, 0.25) is 0 Å². The molecule has 0 fully saturated rings. The van der Waals surface area contributed by atoms with Crippen molar-refractivity contribution < 1.29 is 19.4 Å². The zero-order valence-corrected chi connectivity index (χ0v) is 27.0. The van der Waals surface area contributed by atoms with Gasteiger partial charge >= 0.3 is 5.97 Å². The van der Waals surface area contributed by atoms with Crippen LogP contribution in [0.15, 0.2) is 108 Å². The first-order valence-corrected chi connectivity index (χ1v) is 16.3. The minimum Gasteiger partial charge on any atom is -0.478 e. The second kappa shape index (κ2) is 15.9. The molecule has 0 saturated carbocycles. The van der Waals surface area contributed by atoms with E-state index in [2.05, 4.69) is 13.8 Å². The van der Waals surface area contributed by atoms with Crippen LogP contribution in [0.4, 0.5) is 5.69 Å². The average molecular weight is 632 g/mol. The normalized spacial score (nSPS) is 11.7. The molecule has 1 aromatic heterocycles. The van der Waals surface area contributed by atoms with E-state index in [0.29, 0.717) is 52.3 Å². The summed E-state index contributed by atoms with van der Waals surface area (Å²) in [7, 11) is 0. The summed E-state index contributed by atoms with van der Waals surface area (Å²) in [6.45, 7) is 5.06. The first-order chi connectivity index (χ1) is 22.9. The Morgan fingerprint density at radius 3 is 2.19 bits per heavy atom. The average Bonchev–Trinajstić information content (AvgIpc) is 3.10. The molecule has 1 N–H and O–H groups in total. The summed E-state index contributed by atoms with van der Waals surface area (Å²) < 4.78 is 7.55. The van der Waals surface area contributed by atoms with E-state index in [9.17, 15) is 19.5 Å². The molecule has 242 valence electrons. The van der Waals surface area contributed by atoms with Crippen LogP contribution < -0.4 is 15.2 Å². The number of aliphatic carboxylic acids is 1. The molecule has 1 heterocycles. The van der Waals surface area contributed by atoms with E-state index in [-0.39, 0.29) is 18.0 Å². The molecule has 1 unspecified atom stereocenters. The maximum Gasteiger partial charge on any atom is 0.349 e. The van der Waals surface area contributed by atoms with Crippen LogP contribution in [0.5, 0.6) is 5.75 Å². The number of hydrogen-bond donors (Lipinski definition) is 1. The number of amides is 1. The highest BCUT2D eigenvalue weighted by molar-refractivity contribution is 6.06. The SMILES string of the molecule is CCCCCN(C(=O)c1ccccc1)c1ccc2nc(CCCC)n(Cc3ccc(OC(C(=O)O)c4ccccc4)cc3)c(=O)c2c1. The van der Waals surface area contributed by atoms with Crippen molar-refractivity contribution in [3.8, 4) is 5.75 Å². The van der Waals surface area contributed by atoms with Crippen molar-refractivity contribution in [3.63, 3.8) is 0 Å². The van der Waals surface area contributed by atoms with Crippen molar-refractivity contribution in [2.24, 2.45) is 0 Å². The Morgan fingerprint density at radius 2 is 1.53 bits per heavy atom. The molecule has 4 aromatic carbocycles. The number of hydrogen-bond acceptors (Lipinski definition) is 5. The molecule has 0 aliphatic heterocycles. The second-order valence-electron chi connectivity index (χ2n) is 11.6. The molecule has 0 aliphatic rings. The Morgan fingerprint density at radius 1 is 0.851 bits per heavy atom. The molecule has 0 radical (unpaired) electrons. The molecule has 5 aromatic rings. The standard InChI is InChI=1S/C39H41N3O5/c1-3-5-13-25-41(37(43)30-16-11-8-12-17-30)31-21-24-34-33(26-31)38(44)42(35(40-34)18-6-4-2)27-28-19-22-32(23-20-28)47-36(39(45)46)29-14-9-7-10-15-29/h7-12,14-17,19-24,26,36H,3-6,13,18,25,27H2,1-2H3,(H,45,46). The number of carbonyl (C=O) groups excluding carboxylic acids is 1. The summed E-state index contributed by atoms with van der Waals surface area (Å²) >= 11 is 0. The first-order valence-electron chi connectivity index (χ1n) is 16.3. The van der Waals surface area contributed by atoms with Gasteiger partial charge in [-0.25, -0.2) is 9.78 Å². The number of carbonyl (C=O) groups is 2. The summed E-state index contributed by atoms with van der Waals surface area (Å²) in [5.74, 6) is -0.0688. The number of anilines is 1. The minimum atomic E-state index is -1.14. The summed E-state index contributed by atoms with van der Waals surface area (Å²) in [4.78, 5) is 46.4. The first kappa shape index (κ1) is 33.1. The number of fused-ring (bicyclic) bond motifs is 1. The molecular formula is C39H41N3O5. The number of aromatic nitrogens is 2.